The minimum atomic E-state index is -0.870. The van der Waals surface area contributed by atoms with E-state index in [1.807, 2.05) is 18.2 Å². The predicted octanol–water partition coefficient (Wildman–Crippen LogP) is 5.08. The fourth-order valence-electron chi connectivity index (χ4n) is 5.21. The maximum atomic E-state index is 13.1. The Morgan fingerprint density at radius 3 is 1.40 bits per heavy atom. The number of fused-ring (bicyclic) bond motifs is 2. The lowest BCUT2D eigenvalue weighted by Crippen LogP contribution is -2.10. The van der Waals surface area contributed by atoms with Gasteiger partial charge in [0.05, 0.1) is 19.8 Å². The molecule has 0 saturated heterocycles. The van der Waals surface area contributed by atoms with E-state index in [2.05, 4.69) is 0 Å². The molecule has 0 heterocycles. The van der Waals surface area contributed by atoms with Crippen LogP contribution in [-0.2, 0) is 28.6 Å². The van der Waals surface area contributed by atoms with Crippen molar-refractivity contribution in [1.29, 1.82) is 15.8 Å². The fourth-order valence-corrected chi connectivity index (χ4v) is 5.21. The third-order valence-corrected chi connectivity index (χ3v) is 6.77. The Hall–Kier alpha value is -5.72. The van der Waals surface area contributed by atoms with Gasteiger partial charge in [-0.15, -0.1) is 0 Å². The number of carbonyl (C=O) groups excluding carboxylic acids is 3. The van der Waals surface area contributed by atoms with Gasteiger partial charge in [0.15, 0.2) is 0 Å². The number of ether oxygens (including phenoxy) is 3. The molecule has 0 aliphatic heterocycles. The second kappa shape index (κ2) is 12.6. The van der Waals surface area contributed by atoms with Gasteiger partial charge in [0.2, 0.25) is 0 Å². The number of hydrogen-bond donors (Lipinski definition) is 0. The summed E-state index contributed by atoms with van der Waals surface area (Å²) in [5.41, 5.74) is 2.76. The van der Waals surface area contributed by atoms with Gasteiger partial charge in [-0.25, -0.2) is 14.4 Å². The maximum absolute atomic E-state index is 13.1. The van der Waals surface area contributed by atoms with E-state index < -0.39 is 17.9 Å². The Morgan fingerprint density at radius 1 is 0.619 bits per heavy atom. The van der Waals surface area contributed by atoms with E-state index in [0.29, 0.717) is 33.4 Å². The lowest BCUT2D eigenvalue weighted by atomic mass is 9.89. The summed E-state index contributed by atoms with van der Waals surface area (Å²) in [6, 6.07) is 19.7. The van der Waals surface area contributed by atoms with Gasteiger partial charge in [-0.05, 0) is 59.7 Å². The van der Waals surface area contributed by atoms with Gasteiger partial charge >= 0.3 is 17.9 Å². The number of carbonyl (C=O) groups is 3. The molecule has 0 radical (unpaired) electrons. The number of benzene rings is 2. The van der Waals surface area contributed by atoms with Crippen LogP contribution in [0.2, 0.25) is 0 Å². The molecule has 2 aromatic carbocycles. The lowest BCUT2D eigenvalue weighted by molar-refractivity contribution is -0.138. The molecule has 0 aromatic heterocycles. The number of hydrogen-bond acceptors (Lipinski definition) is 9. The summed E-state index contributed by atoms with van der Waals surface area (Å²) >= 11 is 0. The molecule has 2 aromatic rings. The summed E-state index contributed by atoms with van der Waals surface area (Å²) in [4.78, 5) is 39.0. The number of nitriles is 3. The first-order valence-electron chi connectivity index (χ1n) is 13.2. The Kier molecular flexibility index (Phi) is 8.81. The van der Waals surface area contributed by atoms with Crippen molar-refractivity contribution in [3.63, 3.8) is 0 Å². The Bertz CT molecular complexity index is 1690. The quantitative estimate of drug-likeness (QED) is 0.204. The van der Waals surface area contributed by atoms with Gasteiger partial charge in [-0.2, -0.15) is 15.8 Å². The SMILES string of the molecule is CCOC(=O)C(C#N)=C1C(=C2C/C(=C(/C#N)C(=O)OCC)c3ccccc32)/C(=C(\C#N)C(=O)OCC)c2ccccc21. The molecule has 0 fully saturated rings. The van der Waals surface area contributed by atoms with E-state index >= 15 is 0 Å². The minimum Gasteiger partial charge on any atom is -0.462 e. The van der Waals surface area contributed by atoms with Crippen molar-refractivity contribution in [1.82, 2.24) is 0 Å². The molecule has 2 aliphatic carbocycles. The molecular weight excluding hydrogens is 534 g/mol. The Labute approximate surface area is 242 Å². The average molecular weight is 560 g/mol. The second-order valence-electron chi connectivity index (χ2n) is 8.97. The molecule has 2 aliphatic rings. The molecule has 0 bridgehead atoms. The van der Waals surface area contributed by atoms with Crippen LogP contribution >= 0.6 is 0 Å². The Balaban J connectivity index is 2.24. The molecule has 0 unspecified atom stereocenters. The van der Waals surface area contributed by atoms with Crippen LogP contribution in [0.3, 0.4) is 0 Å². The second-order valence-corrected chi connectivity index (χ2v) is 8.97. The van der Waals surface area contributed by atoms with E-state index in [9.17, 15) is 30.2 Å². The number of esters is 3. The van der Waals surface area contributed by atoms with E-state index in [4.69, 9.17) is 14.2 Å². The molecule has 42 heavy (non-hydrogen) atoms. The summed E-state index contributed by atoms with van der Waals surface area (Å²) in [5, 5.41) is 30.4. The van der Waals surface area contributed by atoms with Crippen LogP contribution < -0.4 is 0 Å². The highest BCUT2D eigenvalue weighted by Crippen LogP contribution is 2.55. The first-order valence-corrected chi connectivity index (χ1v) is 13.2. The van der Waals surface area contributed by atoms with Crippen LogP contribution in [0.1, 0.15) is 49.4 Å². The molecule has 0 N–H and O–H groups in total. The molecule has 0 saturated carbocycles. The standard InChI is InChI=1S/C33H25N3O6/c1-4-40-31(37)25(16-34)23-15-24(20-12-8-7-11-19(20)23)30-28(26(17-35)32(38)41-5-2)21-13-9-10-14-22(21)29(30)27(18-36)33(39)42-6-3/h7-14H,4-6,15H2,1-3H3/b25-23+,28-26+,29-27?,30-24?. The zero-order valence-corrected chi connectivity index (χ0v) is 23.2. The van der Waals surface area contributed by atoms with Crippen molar-refractivity contribution in [2.75, 3.05) is 19.8 Å². The van der Waals surface area contributed by atoms with Crippen molar-refractivity contribution in [2.24, 2.45) is 0 Å². The van der Waals surface area contributed by atoms with Gasteiger partial charge in [0.1, 0.15) is 34.9 Å². The molecule has 0 amide bonds. The normalized spacial score (nSPS) is 18.4. The lowest BCUT2D eigenvalue weighted by Gasteiger charge is -2.14. The number of rotatable bonds is 6. The molecule has 9 nitrogen and oxygen atoms in total. The first-order chi connectivity index (χ1) is 20.4. The predicted molar refractivity (Wildman–Crippen MR) is 152 cm³/mol. The molecule has 0 atom stereocenters. The molecular formula is C33H25N3O6. The summed E-state index contributed by atoms with van der Waals surface area (Å²) < 4.78 is 15.6. The average Bonchev–Trinajstić information content (AvgIpc) is 3.51. The first kappa shape index (κ1) is 29.3. The fraction of sp³-hybridized carbons (Fsp3) is 0.212. The van der Waals surface area contributed by atoms with E-state index in [0.717, 1.165) is 0 Å². The Morgan fingerprint density at radius 2 is 1.00 bits per heavy atom. The highest BCUT2D eigenvalue weighted by molar-refractivity contribution is 6.25. The summed E-state index contributed by atoms with van der Waals surface area (Å²) in [5.74, 6) is -2.53. The van der Waals surface area contributed by atoms with Crippen molar-refractivity contribution in [3.05, 3.63) is 93.1 Å². The van der Waals surface area contributed by atoms with Crippen molar-refractivity contribution >= 4 is 40.2 Å². The zero-order chi connectivity index (χ0) is 30.4. The third kappa shape index (κ3) is 4.98. The van der Waals surface area contributed by atoms with Crippen LogP contribution in [0.15, 0.2) is 70.8 Å². The maximum Gasteiger partial charge on any atom is 0.349 e. The van der Waals surface area contributed by atoms with Crippen LogP contribution in [-0.4, -0.2) is 37.7 Å². The molecule has 9 heteroatoms. The van der Waals surface area contributed by atoms with Crippen LogP contribution in [0.4, 0.5) is 0 Å². The highest BCUT2D eigenvalue weighted by atomic mass is 16.5. The summed E-state index contributed by atoms with van der Waals surface area (Å²) in [7, 11) is 0. The monoisotopic (exact) mass is 559 g/mol. The third-order valence-electron chi connectivity index (χ3n) is 6.77. The highest BCUT2D eigenvalue weighted by Gasteiger charge is 2.40. The molecule has 4 rings (SSSR count). The van der Waals surface area contributed by atoms with Gasteiger partial charge in [-0.1, -0.05) is 48.5 Å². The minimum absolute atomic E-state index is 0.0143. The molecule has 0 spiro atoms. The largest absolute Gasteiger partial charge is 0.462 e. The van der Waals surface area contributed by atoms with Gasteiger partial charge < -0.3 is 14.2 Å². The summed E-state index contributed by atoms with van der Waals surface area (Å²) in [6.45, 7) is 4.96. The van der Waals surface area contributed by atoms with E-state index in [1.54, 1.807) is 69.3 Å². The van der Waals surface area contributed by atoms with E-state index in [-0.39, 0.29) is 59.7 Å². The smallest absolute Gasteiger partial charge is 0.349 e. The number of nitrogens with zero attached hydrogens (tertiary/aromatic N) is 3. The molecule has 208 valence electrons. The van der Waals surface area contributed by atoms with Crippen molar-refractivity contribution in [3.8, 4) is 18.2 Å². The zero-order valence-electron chi connectivity index (χ0n) is 23.2. The van der Waals surface area contributed by atoms with Crippen LogP contribution in [0.25, 0.3) is 22.3 Å². The summed E-state index contributed by atoms with van der Waals surface area (Å²) in [6.07, 6.45) is 0.0143. The van der Waals surface area contributed by atoms with E-state index in [1.165, 1.54) is 0 Å². The van der Waals surface area contributed by atoms with Gasteiger partial charge in [0, 0.05) is 17.6 Å². The van der Waals surface area contributed by atoms with Crippen LogP contribution in [0, 0.1) is 34.0 Å². The van der Waals surface area contributed by atoms with Gasteiger partial charge in [0.25, 0.3) is 0 Å². The van der Waals surface area contributed by atoms with Gasteiger partial charge in [-0.3, -0.25) is 0 Å². The van der Waals surface area contributed by atoms with Crippen LogP contribution in [0.5, 0.6) is 0 Å². The topological polar surface area (TPSA) is 150 Å². The number of allylic oxidation sites excluding steroid dienone is 5. The van der Waals surface area contributed by atoms with Crippen molar-refractivity contribution in [2.45, 2.75) is 27.2 Å². The van der Waals surface area contributed by atoms with Crippen molar-refractivity contribution < 1.29 is 28.6 Å².